The van der Waals surface area contributed by atoms with E-state index in [0.717, 1.165) is 18.7 Å². The first-order valence-corrected chi connectivity index (χ1v) is 8.85. The summed E-state index contributed by atoms with van der Waals surface area (Å²) in [5, 5.41) is 12.5. The van der Waals surface area contributed by atoms with Crippen molar-refractivity contribution in [3.05, 3.63) is 35.4 Å². The maximum Gasteiger partial charge on any atom is 0.335 e. The van der Waals surface area contributed by atoms with Crippen LogP contribution in [0.2, 0.25) is 0 Å². The molecular formula is C19H30N2O2. The van der Waals surface area contributed by atoms with E-state index in [0.29, 0.717) is 17.5 Å². The number of hydrogen-bond acceptors (Lipinski definition) is 3. The van der Waals surface area contributed by atoms with E-state index in [1.807, 2.05) is 12.1 Å². The molecule has 2 N–H and O–H groups in total. The average Bonchev–Trinajstić information content (AvgIpc) is 2.80. The van der Waals surface area contributed by atoms with E-state index in [-0.39, 0.29) is 0 Å². The molecule has 1 aromatic rings. The van der Waals surface area contributed by atoms with Crippen molar-refractivity contribution in [1.29, 1.82) is 0 Å². The van der Waals surface area contributed by atoms with Crippen LogP contribution in [-0.4, -0.2) is 41.7 Å². The van der Waals surface area contributed by atoms with Gasteiger partial charge in [-0.2, -0.15) is 0 Å². The van der Waals surface area contributed by atoms with Crippen LogP contribution in [0.4, 0.5) is 0 Å². The number of carbonyl (C=O) groups is 1. The summed E-state index contributed by atoms with van der Waals surface area (Å²) in [4.78, 5) is 13.5. The summed E-state index contributed by atoms with van der Waals surface area (Å²) in [6.07, 6.45) is 5.37. The zero-order valence-electron chi connectivity index (χ0n) is 14.4. The Morgan fingerprint density at radius 1 is 1.13 bits per heavy atom. The lowest BCUT2D eigenvalue weighted by Crippen LogP contribution is -2.46. The molecule has 0 saturated carbocycles. The van der Waals surface area contributed by atoms with E-state index in [9.17, 15) is 4.79 Å². The summed E-state index contributed by atoms with van der Waals surface area (Å²) in [5.41, 5.74) is 1.48. The number of carboxylic acids is 1. The van der Waals surface area contributed by atoms with Gasteiger partial charge in [-0.1, -0.05) is 38.8 Å². The summed E-state index contributed by atoms with van der Waals surface area (Å²) >= 11 is 0. The Kier molecular flexibility index (Phi) is 7.06. The van der Waals surface area contributed by atoms with Gasteiger partial charge in [-0.25, -0.2) is 4.79 Å². The van der Waals surface area contributed by atoms with E-state index >= 15 is 0 Å². The molecule has 0 radical (unpaired) electrons. The number of likely N-dealkylation sites (tertiary alicyclic amines) is 1. The first kappa shape index (κ1) is 18.0. The summed E-state index contributed by atoms with van der Waals surface area (Å²) in [6.45, 7) is 8.82. The molecule has 4 nitrogen and oxygen atoms in total. The van der Waals surface area contributed by atoms with Crippen LogP contribution in [0, 0.1) is 5.92 Å². The van der Waals surface area contributed by atoms with E-state index in [1.165, 1.54) is 38.8 Å². The molecule has 0 aliphatic carbocycles. The minimum Gasteiger partial charge on any atom is -0.478 e. The molecule has 0 spiro atoms. The van der Waals surface area contributed by atoms with Crippen LogP contribution in [0.1, 0.15) is 55.5 Å². The molecule has 2 rings (SSSR count). The summed E-state index contributed by atoms with van der Waals surface area (Å²) < 4.78 is 0. The van der Waals surface area contributed by atoms with Crippen molar-refractivity contribution < 1.29 is 9.90 Å². The fourth-order valence-corrected chi connectivity index (χ4v) is 3.34. The van der Waals surface area contributed by atoms with Gasteiger partial charge in [0.25, 0.3) is 0 Å². The minimum absolute atomic E-state index is 0.346. The molecular weight excluding hydrogens is 288 g/mol. The van der Waals surface area contributed by atoms with Crippen LogP contribution in [-0.2, 0) is 6.54 Å². The van der Waals surface area contributed by atoms with Crippen LogP contribution < -0.4 is 5.32 Å². The van der Waals surface area contributed by atoms with Crippen LogP contribution >= 0.6 is 0 Å². The van der Waals surface area contributed by atoms with Crippen LogP contribution in [0.3, 0.4) is 0 Å². The van der Waals surface area contributed by atoms with Gasteiger partial charge >= 0.3 is 5.97 Å². The minimum atomic E-state index is -0.870. The Morgan fingerprint density at radius 3 is 2.26 bits per heavy atom. The standard InChI is InChI=1S/C19H30N2O2/c1-15(2)18(21-11-5-3-4-6-12-21)14-20-13-16-7-9-17(10-8-16)19(22)23/h7-10,15,18,20H,3-6,11-14H2,1-2H3,(H,22,23). The van der Waals surface area contributed by atoms with Crippen molar-refractivity contribution >= 4 is 5.97 Å². The van der Waals surface area contributed by atoms with Crippen LogP contribution in [0.25, 0.3) is 0 Å². The summed E-state index contributed by atoms with van der Waals surface area (Å²) in [6, 6.07) is 7.72. The average molecular weight is 318 g/mol. The lowest BCUT2D eigenvalue weighted by molar-refractivity contribution is 0.0697. The molecule has 128 valence electrons. The monoisotopic (exact) mass is 318 g/mol. The third-order valence-electron chi connectivity index (χ3n) is 4.76. The van der Waals surface area contributed by atoms with Gasteiger partial charge < -0.3 is 10.4 Å². The van der Waals surface area contributed by atoms with Crippen LogP contribution in [0.5, 0.6) is 0 Å². The van der Waals surface area contributed by atoms with Crippen molar-refractivity contribution in [3.8, 4) is 0 Å². The molecule has 23 heavy (non-hydrogen) atoms. The summed E-state index contributed by atoms with van der Waals surface area (Å²) in [7, 11) is 0. The van der Waals surface area contributed by atoms with Gasteiger partial charge in [0.1, 0.15) is 0 Å². The van der Waals surface area contributed by atoms with Crippen molar-refractivity contribution in [1.82, 2.24) is 10.2 Å². The smallest absolute Gasteiger partial charge is 0.335 e. The molecule has 1 aliphatic heterocycles. The van der Waals surface area contributed by atoms with E-state index in [1.54, 1.807) is 12.1 Å². The Balaban J connectivity index is 1.85. The predicted octanol–water partition coefficient (Wildman–Crippen LogP) is 3.38. The zero-order chi connectivity index (χ0) is 16.7. The van der Waals surface area contributed by atoms with E-state index in [4.69, 9.17) is 5.11 Å². The molecule has 0 aromatic heterocycles. The number of aromatic carboxylic acids is 1. The second-order valence-electron chi connectivity index (χ2n) is 6.89. The number of benzene rings is 1. The fourth-order valence-electron chi connectivity index (χ4n) is 3.34. The highest BCUT2D eigenvalue weighted by molar-refractivity contribution is 5.87. The van der Waals surface area contributed by atoms with Crippen molar-refractivity contribution in [3.63, 3.8) is 0 Å². The first-order chi connectivity index (χ1) is 11.1. The normalized spacial score (nSPS) is 17.9. The predicted molar refractivity (Wildman–Crippen MR) is 93.8 cm³/mol. The maximum absolute atomic E-state index is 10.9. The lowest BCUT2D eigenvalue weighted by atomic mass is 10.0. The molecule has 0 amide bonds. The van der Waals surface area contributed by atoms with Crippen LogP contribution in [0.15, 0.2) is 24.3 Å². The van der Waals surface area contributed by atoms with Gasteiger partial charge in [0.2, 0.25) is 0 Å². The second-order valence-corrected chi connectivity index (χ2v) is 6.89. The van der Waals surface area contributed by atoms with Crippen molar-refractivity contribution in [2.75, 3.05) is 19.6 Å². The fraction of sp³-hybridized carbons (Fsp3) is 0.632. The van der Waals surface area contributed by atoms with E-state index < -0.39 is 5.97 Å². The number of rotatable bonds is 7. The van der Waals surface area contributed by atoms with Gasteiger partial charge in [-0.15, -0.1) is 0 Å². The largest absolute Gasteiger partial charge is 0.478 e. The molecule has 1 fully saturated rings. The third-order valence-corrected chi connectivity index (χ3v) is 4.76. The molecule has 1 aromatic carbocycles. The highest BCUT2D eigenvalue weighted by Crippen LogP contribution is 2.17. The number of nitrogens with zero attached hydrogens (tertiary/aromatic N) is 1. The van der Waals surface area contributed by atoms with Gasteiger partial charge in [0.15, 0.2) is 0 Å². The third kappa shape index (κ3) is 5.63. The number of hydrogen-bond donors (Lipinski definition) is 2. The number of carboxylic acid groups (broad SMARTS) is 1. The lowest BCUT2D eigenvalue weighted by Gasteiger charge is -2.34. The Labute approximate surface area is 139 Å². The Bertz CT molecular complexity index is 477. The van der Waals surface area contributed by atoms with E-state index in [2.05, 4.69) is 24.1 Å². The second kappa shape index (κ2) is 9.04. The topological polar surface area (TPSA) is 52.6 Å². The summed E-state index contributed by atoms with van der Waals surface area (Å²) in [5.74, 6) is -0.236. The quantitative estimate of drug-likeness (QED) is 0.809. The van der Waals surface area contributed by atoms with Crippen molar-refractivity contribution in [2.24, 2.45) is 5.92 Å². The Morgan fingerprint density at radius 2 is 1.74 bits per heavy atom. The Hall–Kier alpha value is -1.39. The van der Waals surface area contributed by atoms with Gasteiger partial charge in [0.05, 0.1) is 5.56 Å². The number of nitrogens with one attached hydrogen (secondary N) is 1. The molecule has 0 bridgehead atoms. The first-order valence-electron chi connectivity index (χ1n) is 8.85. The molecule has 1 atom stereocenters. The van der Waals surface area contributed by atoms with Gasteiger partial charge in [-0.05, 0) is 49.5 Å². The highest BCUT2D eigenvalue weighted by Gasteiger charge is 2.22. The molecule has 1 aliphatic rings. The highest BCUT2D eigenvalue weighted by atomic mass is 16.4. The molecule has 1 unspecified atom stereocenters. The zero-order valence-corrected chi connectivity index (χ0v) is 14.4. The SMILES string of the molecule is CC(C)C(CNCc1ccc(C(=O)O)cc1)N1CCCCCC1. The van der Waals surface area contributed by atoms with Gasteiger partial charge in [-0.3, -0.25) is 4.90 Å². The van der Waals surface area contributed by atoms with Gasteiger partial charge in [0, 0.05) is 19.1 Å². The molecule has 4 heteroatoms. The molecule has 1 heterocycles. The maximum atomic E-state index is 10.9. The van der Waals surface area contributed by atoms with Crippen molar-refractivity contribution in [2.45, 2.75) is 52.1 Å². The molecule has 1 saturated heterocycles.